The van der Waals surface area contributed by atoms with Gasteiger partial charge >= 0.3 is 5.97 Å². The van der Waals surface area contributed by atoms with Gasteiger partial charge in [-0.1, -0.05) is 74.5 Å². The first-order valence-corrected chi connectivity index (χ1v) is 29.2. The first kappa shape index (κ1) is 73.4. The normalized spacial score (nSPS) is 16.2. The predicted molar refractivity (Wildman–Crippen MR) is 329 cm³/mol. The molecule has 0 unspecified atom stereocenters. The summed E-state index contributed by atoms with van der Waals surface area (Å²) < 4.78 is 0. The number of carbonyl (C=O) groups excluding carboxylic acids is 9. The molecule has 10 atom stereocenters. The Morgan fingerprint density at radius 1 is 0.580 bits per heavy atom. The van der Waals surface area contributed by atoms with Gasteiger partial charge in [0.05, 0.1) is 25.3 Å². The molecule has 33 heteroatoms. The van der Waals surface area contributed by atoms with Gasteiger partial charge in [0.1, 0.15) is 48.3 Å². The SMILES string of the molecule is CC(C)C[C@H](NC(=O)[C@@H](Cc1ccccc1)NC(=O)[C@H](CO)NC(=O)[C@H](Cc1ccccc1)NC(=O)CNC(=O)[C@@H]1C[C@@H](O)CN1C(=O)[C@H](CS)NC(=O)[C@H](CCCN=C(N)N)NC(=O)[C@H](N)CCCN=C(N)N)C(=O)N[C@@H](CCCN=C(N)N)C(=O)O. The van der Waals surface area contributed by atoms with Crippen LogP contribution in [0.3, 0.4) is 0 Å². The first-order valence-electron chi connectivity index (χ1n) is 28.5. The average Bonchev–Trinajstić information content (AvgIpc) is 3.94. The van der Waals surface area contributed by atoms with Crippen molar-refractivity contribution >= 4 is 89.6 Å². The minimum atomic E-state index is -1.74. The molecule has 1 aliphatic rings. The van der Waals surface area contributed by atoms with Crippen molar-refractivity contribution in [2.24, 2.45) is 61.0 Å². The third kappa shape index (κ3) is 26.8. The van der Waals surface area contributed by atoms with Gasteiger partial charge in [0.2, 0.25) is 53.2 Å². The van der Waals surface area contributed by atoms with E-state index in [1.54, 1.807) is 74.5 Å². The molecule has 1 fully saturated rings. The largest absolute Gasteiger partial charge is 0.480 e. The maximum absolute atomic E-state index is 14.2. The monoisotopic (exact) mass is 1250 g/mol. The molecule has 25 N–H and O–H groups in total. The fourth-order valence-corrected chi connectivity index (χ4v) is 9.31. The predicted octanol–water partition coefficient (Wildman–Crippen LogP) is -6.52. The molecule has 2 aromatic rings. The van der Waals surface area contributed by atoms with Crippen LogP contribution in [-0.4, -0.2) is 203 Å². The first-order chi connectivity index (χ1) is 41.7. The molecule has 2 aromatic carbocycles. The number of β-amino-alcohol motifs (C(OH)–C–C–N with tert-alkyl or cyclic N) is 1. The number of aliphatic hydroxyl groups excluding tert-OH is 2. The number of nitrogens with one attached hydrogen (secondary N) is 8. The molecule has 1 saturated heterocycles. The van der Waals surface area contributed by atoms with Crippen LogP contribution in [0, 0.1) is 5.92 Å². The summed E-state index contributed by atoms with van der Waals surface area (Å²) in [7, 11) is 0. The molecule has 0 radical (unpaired) electrons. The fourth-order valence-electron chi connectivity index (χ4n) is 9.06. The lowest BCUT2D eigenvalue weighted by molar-refractivity contribution is -0.142. The van der Waals surface area contributed by atoms with Crippen LogP contribution in [0.15, 0.2) is 75.6 Å². The van der Waals surface area contributed by atoms with E-state index in [4.69, 9.17) is 40.1 Å². The van der Waals surface area contributed by atoms with Crippen LogP contribution in [0.4, 0.5) is 0 Å². The van der Waals surface area contributed by atoms with Crippen LogP contribution in [0.5, 0.6) is 0 Å². The molecular formula is C55H87N19O13S. The number of likely N-dealkylation sites (tertiary alicyclic amines) is 1. The number of nitrogens with zero attached hydrogens (tertiary/aromatic N) is 4. The third-order valence-electron chi connectivity index (χ3n) is 13.5. The molecular weight excluding hydrogens is 1170 g/mol. The van der Waals surface area contributed by atoms with Crippen LogP contribution in [0.25, 0.3) is 0 Å². The minimum absolute atomic E-state index is 0.00428. The number of carboxylic acid groups (broad SMARTS) is 1. The number of carboxylic acids is 1. The van der Waals surface area contributed by atoms with Gasteiger partial charge in [0.15, 0.2) is 17.9 Å². The van der Waals surface area contributed by atoms with E-state index in [0.717, 1.165) is 4.90 Å². The molecule has 1 aliphatic heterocycles. The second kappa shape index (κ2) is 38.4. The Kier molecular flexibility index (Phi) is 32.0. The number of guanidine groups is 3. The molecule has 9 amide bonds. The van der Waals surface area contributed by atoms with Gasteiger partial charge in [-0.05, 0) is 62.0 Å². The standard InChI is InChI=1S/C55H87N19O13S/c1-30(2)22-37(46(80)69-36(52(86)87)18-11-21-65-55(61)62)70-48(82)39(24-32-14-7-4-8-15-32)71-49(83)40(28-75)72-47(81)38(23-31-12-5-3-6-13-31)67-43(77)26-66-50(84)42-25-33(76)27-74(42)51(85)41(29-88)73-45(79)35(17-10-20-64-54(59)60)68-44(78)34(56)16-9-19-63-53(57)58/h3-8,12-15,30,33-42,75-76,88H,9-11,16-29,56H2,1-2H3,(H,66,84)(H,67,77)(H,68,78)(H,69,80)(H,70,82)(H,71,83)(H,72,81)(H,73,79)(H,86,87)(H4,57,58,63)(H4,59,60,64)(H4,61,62,65)/t33-,34-,35+,36+,37+,38+,39-,40+,41+,42+/m1/s1. The molecule has 0 spiro atoms. The molecule has 486 valence electrons. The van der Waals surface area contributed by atoms with Gasteiger partial charge in [0.25, 0.3) is 0 Å². The second-order valence-corrected chi connectivity index (χ2v) is 21.6. The zero-order valence-electron chi connectivity index (χ0n) is 49.3. The Labute approximate surface area is 515 Å². The highest BCUT2D eigenvalue weighted by Crippen LogP contribution is 2.20. The Balaban J connectivity index is 1.78. The number of aliphatic imine (C=N–C) groups is 3. The number of aliphatic hydroxyl groups is 2. The lowest BCUT2D eigenvalue weighted by Gasteiger charge is -2.29. The molecule has 1 heterocycles. The van der Waals surface area contributed by atoms with Crippen molar-refractivity contribution < 1.29 is 63.3 Å². The van der Waals surface area contributed by atoms with E-state index in [9.17, 15) is 63.3 Å². The van der Waals surface area contributed by atoms with E-state index >= 15 is 0 Å². The van der Waals surface area contributed by atoms with Gasteiger partial charge in [0, 0.05) is 51.2 Å². The van der Waals surface area contributed by atoms with E-state index < -0.39 is 133 Å². The van der Waals surface area contributed by atoms with Crippen molar-refractivity contribution in [1.29, 1.82) is 0 Å². The van der Waals surface area contributed by atoms with E-state index in [2.05, 4.69) is 70.1 Å². The summed E-state index contributed by atoms with van der Waals surface area (Å²) in [5, 5.41) is 51.3. The summed E-state index contributed by atoms with van der Waals surface area (Å²) in [5.41, 5.74) is 39.5. The number of benzene rings is 2. The van der Waals surface area contributed by atoms with E-state index in [-0.39, 0.29) is 114 Å². The number of nitrogens with two attached hydrogens (primary N) is 7. The fraction of sp³-hybridized carbons (Fsp3) is 0.545. The molecule has 0 aliphatic carbocycles. The zero-order chi connectivity index (χ0) is 65.5. The Morgan fingerprint density at radius 2 is 1.00 bits per heavy atom. The van der Waals surface area contributed by atoms with E-state index in [1.807, 2.05) is 0 Å². The van der Waals surface area contributed by atoms with Crippen molar-refractivity contribution in [3.63, 3.8) is 0 Å². The second-order valence-electron chi connectivity index (χ2n) is 21.3. The summed E-state index contributed by atoms with van der Waals surface area (Å²) in [4.78, 5) is 149. The molecule has 88 heavy (non-hydrogen) atoms. The number of hydrogen-bond acceptors (Lipinski definition) is 17. The lowest BCUT2D eigenvalue weighted by Crippen LogP contribution is -2.60. The highest BCUT2D eigenvalue weighted by atomic mass is 32.1. The lowest BCUT2D eigenvalue weighted by atomic mass is 10.00. The minimum Gasteiger partial charge on any atom is -0.480 e. The number of rotatable bonds is 38. The summed E-state index contributed by atoms with van der Waals surface area (Å²) >= 11 is 4.27. The highest BCUT2D eigenvalue weighted by Gasteiger charge is 2.42. The smallest absolute Gasteiger partial charge is 0.326 e. The molecule has 3 rings (SSSR count). The Bertz CT molecular complexity index is 2730. The van der Waals surface area contributed by atoms with Gasteiger partial charge in [-0.15, -0.1) is 0 Å². The van der Waals surface area contributed by atoms with Crippen molar-refractivity contribution in [1.82, 2.24) is 47.4 Å². The Morgan fingerprint density at radius 3 is 1.49 bits per heavy atom. The highest BCUT2D eigenvalue weighted by molar-refractivity contribution is 7.80. The van der Waals surface area contributed by atoms with Crippen LogP contribution in [-0.2, 0) is 60.8 Å². The van der Waals surface area contributed by atoms with Crippen molar-refractivity contribution in [2.45, 2.75) is 139 Å². The summed E-state index contributed by atoms with van der Waals surface area (Å²) in [5.74, 6) is -10.2. The van der Waals surface area contributed by atoms with Gasteiger partial charge in [-0.2, -0.15) is 12.6 Å². The van der Waals surface area contributed by atoms with Crippen molar-refractivity contribution in [3.8, 4) is 0 Å². The van der Waals surface area contributed by atoms with Crippen LogP contribution < -0.4 is 82.7 Å². The van der Waals surface area contributed by atoms with Crippen LogP contribution >= 0.6 is 12.6 Å². The number of aliphatic carboxylic acids is 1. The average molecular weight is 1250 g/mol. The molecule has 0 aromatic heterocycles. The third-order valence-corrected chi connectivity index (χ3v) is 13.9. The van der Waals surface area contributed by atoms with E-state index in [0.29, 0.717) is 17.5 Å². The number of carbonyl (C=O) groups is 10. The summed E-state index contributed by atoms with van der Waals surface area (Å²) in [6.07, 6.45) is -0.912. The Hall–Kier alpha value is -8.82. The maximum Gasteiger partial charge on any atom is 0.326 e. The van der Waals surface area contributed by atoms with Crippen LogP contribution in [0.2, 0.25) is 0 Å². The number of thiol groups is 1. The van der Waals surface area contributed by atoms with Crippen molar-refractivity contribution in [3.05, 3.63) is 71.8 Å². The summed E-state index contributed by atoms with van der Waals surface area (Å²) in [6, 6.07) is 4.41. The maximum atomic E-state index is 14.2. The molecule has 0 bridgehead atoms. The van der Waals surface area contributed by atoms with Crippen molar-refractivity contribution in [2.75, 3.05) is 45.1 Å². The quantitative estimate of drug-likeness (QED) is 0.0129. The number of hydrogen-bond donors (Lipinski definition) is 19. The topological polar surface area (TPSA) is 550 Å². The number of amides is 9. The summed E-state index contributed by atoms with van der Waals surface area (Å²) in [6.45, 7) is 1.79. The van der Waals surface area contributed by atoms with Gasteiger partial charge in [-0.3, -0.25) is 58.1 Å². The van der Waals surface area contributed by atoms with Crippen LogP contribution in [0.1, 0.15) is 76.3 Å². The molecule has 32 nitrogen and oxygen atoms in total. The molecule has 0 saturated carbocycles. The van der Waals surface area contributed by atoms with E-state index in [1.165, 1.54) is 0 Å². The van der Waals surface area contributed by atoms with Gasteiger partial charge in [-0.25, -0.2) is 4.79 Å². The zero-order valence-corrected chi connectivity index (χ0v) is 50.2. The van der Waals surface area contributed by atoms with Gasteiger partial charge < -0.3 is 103 Å².